The van der Waals surface area contributed by atoms with Crippen molar-refractivity contribution >= 4 is 27.4 Å². The third-order valence-electron chi connectivity index (χ3n) is 3.65. The number of aromatic nitrogens is 2. The summed E-state index contributed by atoms with van der Waals surface area (Å²) < 4.78 is 0. The molecule has 20 heavy (non-hydrogen) atoms. The Kier molecular flexibility index (Phi) is 5.73. The highest BCUT2D eigenvalue weighted by Gasteiger charge is 2.08. The Labute approximate surface area is 125 Å². The Bertz CT molecular complexity index is 521. The summed E-state index contributed by atoms with van der Waals surface area (Å²) in [7, 11) is 0. The Morgan fingerprint density at radius 2 is 2.10 bits per heavy atom. The number of nitrogens with one attached hydrogen (secondary N) is 1. The SMILES string of the molecule is CCN(CC)CCCC(C)Nc1ncnc2sccc12. The first kappa shape index (κ1) is 15.2. The molecule has 0 aliphatic carbocycles. The minimum Gasteiger partial charge on any atom is -0.367 e. The maximum atomic E-state index is 4.37. The van der Waals surface area contributed by atoms with Crippen LogP contribution < -0.4 is 5.32 Å². The number of hydrogen-bond acceptors (Lipinski definition) is 5. The molecule has 0 fully saturated rings. The van der Waals surface area contributed by atoms with Crippen LogP contribution in [0.4, 0.5) is 5.82 Å². The zero-order valence-electron chi connectivity index (χ0n) is 12.6. The lowest BCUT2D eigenvalue weighted by molar-refractivity contribution is 0.295. The van der Waals surface area contributed by atoms with Gasteiger partial charge in [0, 0.05) is 6.04 Å². The zero-order chi connectivity index (χ0) is 14.4. The molecule has 0 aliphatic heterocycles. The predicted molar refractivity (Wildman–Crippen MR) is 87.5 cm³/mol. The summed E-state index contributed by atoms with van der Waals surface area (Å²) in [6.45, 7) is 10.1. The van der Waals surface area contributed by atoms with E-state index >= 15 is 0 Å². The van der Waals surface area contributed by atoms with Gasteiger partial charge in [0.2, 0.25) is 0 Å². The average Bonchev–Trinajstić information content (AvgIpc) is 2.93. The van der Waals surface area contributed by atoms with Crippen LogP contribution in [0.15, 0.2) is 17.8 Å². The third-order valence-corrected chi connectivity index (χ3v) is 4.47. The maximum absolute atomic E-state index is 4.37. The van der Waals surface area contributed by atoms with Gasteiger partial charge in [-0.05, 0) is 50.8 Å². The van der Waals surface area contributed by atoms with Crippen molar-refractivity contribution in [1.82, 2.24) is 14.9 Å². The van der Waals surface area contributed by atoms with E-state index in [1.165, 1.54) is 13.0 Å². The highest BCUT2D eigenvalue weighted by Crippen LogP contribution is 2.24. The predicted octanol–water partition coefficient (Wildman–Crippen LogP) is 3.61. The van der Waals surface area contributed by atoms with Gasteiger partial charge >= 0.3 is 0 Å². The molecule has 0 aromatic carbocycles. The minimum absolute atomic E-state index is 0.434. The van der Waals surface area contributed by atoms with Gasteiger partial charge in [0.25, 0.3) is 0 Å². The van der Waals surface area contributed by atoms with E-state index in [1.807, 2.05) is 0 Å². The van der Waals surface area contributed by atoms with E-state index in [9.17, 15) is 0 Å². The lowest BCUT2D eigenvalue weighted by Crippen LogP contribution is -2.25. The highest BCUT2D eigenvalue weighted by molar-refractivity contribution is 7.16. The van der Waals surface area contributed by atoms with E-state index in [0.717, 1.165) is 35.5 Å². The van der Waals surface area contributed by atoms with Gasteiger partial charge in [-0.15, -0.1) is 11.3 Å². The van der Waals surface area contributed by atoms with Crippen molar-refractivity contribution < 1.29 is 0 Å². The molecular formula is C15H24N4S. The van der Waals surface area contributed by atoms with Gasteiger partial charge in [-0.1, -0.05) is 13.8 Å². The summed E-state index contributed by atoms with van der Waals surface area (Å²) in [5, 5.41) is 6.72. The first-order valence-corrected chi connectivity index (χ1v) is 8.29. The second kappa shape index (κ2) is 7.55. The van der Waals surface area contributed by atoms with Crippen LogP contribution in [0, 0.1) is 0 Å². The van der Waals surface area contributed by atoms with Crippen molar-refractivity contribution in [1.29, 1.82) is 0 Å². The van der Waals surface area contributed by atoms with Gasteiger partial charge < -0.3 is 10.2 Å². The molecule has 2 aromatic rings. The Morgan fingerprint density at radius 3 is 2.85 bits per heavy atom. The number of thiophene rings is 1. The lowest BCUT2D eigenvalue weighted by atomic mass is 10.1. The molecular weight excluding hydrogens is 268 g/mol. The number of nitrogens with zero attached hydrogens (tertiary/aromatic N) is 3. The molecule has 1 atom stereocenters. The van der Waals surface area contributed by atoms with E-state index < -0.39 is 0 Å². The fraction of sp³-hybridized carbons (Fsp3) is 0.600. The smallest absolute Gasteiger partial charge is 0.138 e. The van der Waals surface area contributed by atoms with Crippen LogP contribution in [-0.4, -0.2) is 40.5 Å². The highest BCUT2D eigenvalue weighted by atomic mass is 32.1. The average molecular weight is 292 g/mol. The Balaban J connectivity index is 1.85. The molecule has 0 bridgehead atoms. The molecule has 0 aliphatic rings. The molecule has 0 amide bonds. The van der Waals surface area contributed by atoms with Crippen LogP contribution in [0.2, 0.25) is 0 Å². The minimum atomic E-state index is 0.434. The molecule has 0 spiro atoms. The third kappa shape index (κ3) is 3.90. The second-order valence-electron chi connectivity index (χ2n) is 5.08. The summed E-state index contributed by atoms with van der Waals surface area (Å²) in [5.41, 5.74) is 0. The fourth-order valence-corrected chi connectivity index (χ4v) is 3.10. The number of fused-ring (bicyclic) bond motifs is 1. The topological polar surface area (TPSA) is 41.0 Å². The van der Waals surface area contributed by atoms with Crippen LogP contribution in [0.5, 0.6) is 0 Å². The number of hydrogen-bond donors (Lipinski definition) is 1. The van der Waals surface area contributed by atoms with Crippen molar-refractivity contribution in [3.8, 4) is 0 Å². The monoisotopic (exact) mass is 292 g/mol. The summed E-state index contributed by atoms with van der Waals surface area (Å²) in [4.78, 5) is 12.2. The Morgan fingerprint density at radius 1 is 1.30 bits per heavy atom. The van der Waals surface area contributed by atoms with Crippen molar-refractivity contribution in [3.05, 3.63) is 17.8 Å². The van der Waals surface area contributed by atoms with Crippen LogP contribution in [0.25, 0.3) is 10.2 Å². The molecule has 0 saturated heterocycles. The van der Waals surface area contributed by atoms with Gasteiger partial charge in [0.15, 0.2) is 0 Å². The summed E-state index contributed by atoms with van der Waals surface area (Å²) in [6.07, 6.45) is 4.02. The second-order valence-corrected chi connectivity index (χ2v) is 5.97. The largest absolute Gasteiger partial charge is 0.367 e. The van der Waals surface area contributed by atoms with Gasteiger partial charge in [-0.25, -0.2) is 9.97 Å². The summed E-state index contributed by atoms with van der Waals surface area (Å²) >= 11 is 1.66. The van der Waals surface area contributed by atoms with Crippen molar-refractivity contribution in [2.45, 2.75) is 39.7 Å². The van der Waals surface area contributed by atoms with E-state index in [0.29, 0.717) is 6.04 Å². The molecule has 2 rings (SSSR count). The zero-order valence-corrected chi connectivity index (χ0v) is 13.4. The van der Waals surface area contributed by atoms with Crippen molar-refractivity contribution in [2.75, 3.05) is 25.0 Å². The van der Waals surface area contributed by atoms with Crippen LogP contribution in [-0.2, 0) is 0 Å². The molecule has 4 nitrogen and oxygen atoms in total. The van der Waals surface area contributed by atoms with E-state index in [-0.39, 0.29) is 0 Å². The van der Waals surface area contributed by atoms with E-state index in [1.54, 1.807) is 17.7 Å². The molecule has 2 aromatic heterocycles. The summed E-state index contributed by atoms with van der Waals surface area (Å²) in [5.74, 6) is 0.964. The molecule has 1 unspecified atom stereocenters. The molecule has 110 valence electrons. The first-order chi connectivity index (χ1) is 9.74. The molecule has 1 N–H and O–H groups in total. The van der Waals surface area contributed by atoms with E-state index in [2.05, 4.69) is 52.4 Å². The normalized spacial score (nSPS) is 13.0. The standard InChI is InChI=1S/C15H24N4S/c1-4-19(5-2)9-6-7-12(3)18-14-13-8-10-20-15(13)17-11-16-14/h8,10-12H,4-7,9H2,1-3H3,(H,16,17,18). The van der Waals surface area contributed by atoms with Crippen LogP contribution in [0.1, 0.15) is 33.6 Å². The Hall–Kier alpha value is -1.20. The first-order valence-electron chi connectivity index (χ1n) is 7.41. The van der Waals surface area contributed by atoms with Gasteiger partial charge in [-0.3, -0.25) is 0 Å². The van der Waals surface area contributed by atoms with Gasteiger partial charge in [0.05, 0.1) is 5.39 Å². The van der Waals surface area contributed by atoms with Gasteiger partial charge in [-0.2, -0.15) is 0 Å². The maximum Gasteiger partial charge on any atom is 0.138 e. The lowest BCUT2D eigenvalue weighted by Gasteiger charge is -2.20. The number of anilines is 1. The molecule has 0 saturated carbocycles. The van der Waals surface area contributed by atoms with Crippen LogP contribution in [0.3, 0.4) is 0 Å². The fourth-order valence-electron chi connectivity index (χ4n) is 2.37. The molecule has 0 radical (unpaired) electrons. The molecule has 5 heteroatoms. The number of rotatable bonds is 8. The van der Waals surface area contributed by atoms with Crippen molar-refractivity contribution in [2.24, 2.45) is 0 Å². The van der Waals surface area contributed by atoms with Crippen LogP contribution >= 0.6 is 11.3 Å². The van der Waals surface area contributed by atoms with E-state index in [4.69, 9.17) is 0 Å². The van der Waals surface area contributed by atoms with Gasteiger partial charge in [0.1, 0.15) is 17.0 Å². The molecule has 2 heterocycles. The summed E-state index contributed by atoms with van der Waals surface area (Å²) in [6, 6.07) is 2.52. The quantitative estimate of drug-likeness (QED) is 0.807. The van der Waals surface area contributed by atoms with Crippen molar-refractivity contribution in [3.63, 3.8) is 0 Å².